The standard InChI is InChI=1S/C8H7F2NO2/c1-3-2-4(9)7(11)5(6(3)10)8(12)13/h2H,11H2,1H3,(H,12,13). The summed E-state index contributed by atoms with van der Waals surface area (Å²) >= 11 is 0. The zero-order valence-corrected chi connectivity index (χ0v) is 6.77. The first-order chi connectivity index (χ1) is 5.95. The minimum absolute atomic E-state index is 0.0795. The Morgan fingerprint density at radius 2 is 2.08 bits per heavy atom. The van der Waals surface area contributed by atoms with Crippen molar-refractivity contribution in [1.29, 1.82) is 0 Å². The van der Waals surface area contributed by atoms with Crippen LogP contribution in [0.5, 0.6) is 0 Å². The van der Waals surface area contributed by atoms with Crippen LogP contribution in [0.2, 0.25) is 0 Å². The average Bonchev–Trinajstić information content (AvgIpc) is 2.01. The van der Waals surface area contributed by atoms with E-state index in [0.717, 1.165) is 6.07 Å². The molecule has 3 nitrogen and oxygen atoms in total. The van der Waals surface area contributed by atoms with E-state index < -0.39 is 28.9 Å². The number of benzene rings is 1. The molecule has 1 rings (SSSR count). The maximum atomic E-state index is 13.1. The number of aromatic carboxylic acids is 1. The molecule has 0 saturated heterocycles. The van der Waals surface area contributed by atoms with E-state index in [1.807, 2.05) is 0 Å². The van der Waals surface area contributed by atoms with Crippen LogP contribution in [-0.2, 0) is 0 Å². The highest BCUT2D eigenvalue weighted by molar-refractivity contribution is 5.94. The Labute approximate surface area is 72.8 Å². The summed E-state index contributed by atoms with van der Waals surface area (Å²) in [6, 6.07) is 0.858. The van der Waals surface area contributed by atoms with Gasteiger partial charge in [-0.2, -0.15) is 0 Å². The first-order valence-corrected chi connectivity index (χ1v) is 3.42. The molecule has 0 spiro atoms. The van der Waals surface area contributed by atoms with Gasteiger partial charge < -0.3 is 10.8 Å². The topological polar surface area (TPSA) is 63.3 Å². The third-order valence-corrected chi connectivity index (χ3v) is 1.65. The average molecular weight is 187 g/mol. The van der Waals surface area contributed by atoms with Gasteiger partial charge in [0.25, 0.3) is 0 Å². The number of hydrogen-bond donors (Lipinski definition) is 2. The smallest absolute Gasteiger partial charge is 0.340 e. The zero-order valence-electron chi connectivity index (χ0n) is 6.77. The van der Waals surface area contributed by atoms with Crippen molar-refractivity contribution in [3.05, 3.63) is 28.8 Å². The molecular formula is C8H7F2NO2. The summed E-state index contributed by atoms with van der Waals surface area (Å²) < 4.78 is 25.9. The van der Waals surface area contributed by atoms with Crippen molar-refractivity contribution in [2.45, 2.75) is 6.92 Å². The molecule has 0 aliphatic carbocycles. The molecule has 0 aliphatic rings. The Kier molecular flexibility index (Phi) is 2.18. The highest BCUT2D eigenvalue weighted by Gasteiger charge is 2.19. The summed E-state index contributed by atoms with van der Waals surface area (Å²) in [5, 5.41) is 8.51. The Hall–Kier alpha value is -1.65. The summed E-state index contributed by atoms with van der Waals surface area (Å²) in [7, 11) is 0. The van der Waals surface area contributed by atoms with Gasteiger partial charge in [0.2, 0.25) is 0 Å². The van der Waals surface area contributed by atoms with Crippen molar-refractivity contribution in [3.8, 4) is 0 Å². The number of halogens is 2. The summed E-state index contributed by atoms with van der Waals surface area (Å²) in [6.07, 6.45) is 0. The lowest BCUT2D eigenvalue weighted by molar-refractivity contribution is 0.0692. The van der Waals surface area contributed by atoms with Crippen LogP contribution in [0.1, 0.15) is 15.9 Å². The predicted molar refractivity (Wildman–Crippen MR) is 42.5 cm³/mol. The molecule has 0 radical (unpaired) electrons. The van der Waals surface area contributed by atoms with Crippen LogP contribution in [-0.4, -0.2) is 11.1 Å². The highest BCUT2D eigenvalue weighted by atomic mass is 19.1. The minimum atomic E-state index is -1.57. The molecule has 0 saturated carbocycles. The van der Waals surface area contributed by atoms with E-state index in [-0.39, 0.29) is 5.56 Å². The number of anilines is 1. The summed E-state index contributed by atoms with van der Waals surface area (Å²) in [5.41, 5.74) is 3.50. The molecule has 0 amide bonds. The third kappa shape index (κ3) is 1.44. The number of nitrogen functional groups attached to an aromatic ring is 1. The van der Waals surface area contributed by atoms with Crippen LogP contribution < -0.4 is 5.73 Å². The maximum absolute atomic E-state index is 13.1. The van der Waals surface area contributed by atoms with E-state index >= 15 is 0 Å². The van der Waals surface area contributed by atoms with E-state index in [4.69, 9.17) is 10.8 Å². The number of carboxylic acids is 1. The first kappa shape index (κ1) is 9.44. The van der Waals surface area contributed by atoms with Gasteiger partial charge in [0.05, 0.1) is 5.69 Å². The monoisotopic (exact) mass is 187 g/mol. The normalized spacial score (nSPS) is 10.1. The van der Waals surface area contributed by atoms with Crippen LogP contribution in [0, 0.1) is 18.6 Å². The van der Waals surface area contributed by atoms with Crippen molar-refractivity contribution in [2.75, 3.05) is 5.73 Å². The number of aryl methyl sites for hydroxylation is 1. The molecule has 1 aromatic rings. The lowest BCUT2D eigenvalue weighted by Crippen LogP contribution is -2.09. The third-order valence-electron chi connectivity index (χ3n) is 1.65. The van der Waals surface area contributed by atoms with Gasteiger partial charge in [0.1, 0.15) is 17.2 Å². The fourth-order valence-corrected chi connectivity index (χ4v) is 0.975. The molecule has 0 atom stereocenters. The Bertz CT molecular complexity index is 351. The summed E-state index contributed by atoms with van der Waals surface area (Å²) in [4.78, 5) is 10.5. The quantitative estimate of drug-likeness (QED) is 0.655. The SMILES string of the molecule is Cc1cc(F)c(N)c(C(=O)O)c1F. The fourth-order valence-electron chi connectivity index (χ4n) is 0.975. The Morgan fingerprint density at radius 3 is 2.54 bits per heavy atom. The van der Waals surface area contributed by atoms with E-state index in [0.29, 0.717) is 0 Å². The van der Waals surface area contributed by atoms with Crippen LogP contribution in [0.15, 0.2) is 6.07 Å². The highest BCUT2D eigenvalue weighted by Crippen LogP contribution is 2.22. The Balaban J connectivity index is 3.56. The van der Waals surface area contributed by atoms with Crippen molar-refractivity contribution in [3.63, 3.8) is 0 Å². The molecule has 0 fully saturated rings. The van der Waals surface area contributed by atoms with Gasteiger partial charge in [-0.15, -0.1) is 0 Å². The van der Waals surface area contributed by atoms with Gasteiger partial charge in [0.15, 0.2) is 0 Å². The molecule has 0 aromatic heterocycles. The molecule has 3 N–H and O–H groups in total. The van der Waals surface area contributed by atoms with Crippen LogP contribution in [0.25, 0.3) is 0 Å². The first-order valence-electron chi connectivity index (χ1n) is 3.42. The molecular weight excluding hydrogens is 180 g/mol. The second-order valence-electron chi connectivity index (χ2n) is 2.58. The second kappa shape index (κ2) is 3.01. The van der Waals surface area contributed by atoms with Crippen LogP contribution in [0.4, 0.5) is 14.5 Å². The summed E-state index contributed by atoms with van der Waals surface area (Å²) in [5.74, 6) is -3.49. The number of rotatable bonds is 1. The molecule has 1 aromatic carbocycles. The van der Waals surface area contributed by atoms with Crippen molar-refractivity contribution in [1.82, 2.24) is 0 Å². The number of nitrogens with two attached hydrogens (primary N) is 1. The van der Waals surface area contributed by atoms with Gasteiger partial charge in [-0.05, 0) is 18.6 Å². The van der Waals surface area contributed by atoms with Crippen molar-refractivity contribution < 1.29 is 18.7 Å². The largest absolute Gasteiger partial charge is 0.478 e. The number of carboxylic acid groups (broad SMARTS) is 1. The van der Waals surface area contributed by atoms with E-state index in [1.54, 1.807) is 0 Å². The number of carbonyl (C=O) groups is 1. The zero-order chi connectivity index (χ0) is 10.2. The minimum Gasteiger partial charge on any atom is -0.478 e. The van der Waals surface area contributed by atoms with Crippen LogP contribution >= 0.6 is 0 Å². The molecule has 5 heteroatoms. The van der Waals surface area contributed by atoms with Gasteiger partial charge >= 0.3 is 5.97 Å². The Morgan fingerprint density at radius 1 is 1.54 bits per heavy atom. The van der Waals surface area contributed by atoms with Crippen molar-refractivity contribution in [2.24, 2.45) is 0 Å². The predicted octanol–water partition coefficient (Wildman–Crippen LogP) is 1.55. The van der Waals surface area contributed by atoms with E-state index in [1.165, 1.54) is 6.92 Å². The van der Waals surface area contributed by atoms with E-state index in [2.05, 4.69) is 0 Å². The lowest BCUT2D eigenvalue weighted by Gasteiger charge is -2.05. The van der Waals surface area contributed by atoms with Gasteiger partial charge in [0, 0.05) is 0 Å². The molecule has 0 aliphatic heterocycles. The van der Waals surface area contributed by atoms with Crippen molar-refractivity contribution >= 4 is 11.7 Å². The van der Waals surface area contributed by atoms with Gasteiger partial charge in [-0.25, -0.2) is 13.6 Å². The fraction of sp³-hybridized carbons (Fsp3) is 0.125. The molecule has 0 unspecified atom stereocenters. The maximum Gasteiger partial charge on any atom is 0.340 e. The second-order valence-corrected chi connectivity index (χ2v) is 2.58. The number of hydrogen-bond acceptors (Lipinski definition) is 2. The molecule has 0 heterocycles. The molecule has 70 valence electrons. The van der Waals surface area contributed by atoms with E-state index in [9.17, 15) is 13.6 Å². The van der Waals surface area contributed by atoms with Gasteiger partial charge in [-0.1, -0.05) is 0 Å². The molecule has 13 heavy (non-hydrogen) atoms. The lowest BCUT2D eigenvalue weighted by atomic mass is 10.1. The molecule has 0 bridgehead atoms. The van der Waals surface area contributed by atoms with Crippen LogP contribution in [0.3, 0.4) is 0 Å². The summed E-state index contributed by atoms with van der Waals surface area (Å²) in [6.45, 7) is 1.27. The van der Waals surface area contributed by atoms with Gasteiger partial charge in [-0.3, -0.25) is 0 Å².